The molecule has 1 aromatic carbocycles. The minimum Gasteiger partial charge on any atom is -0.497 e. The van der Waals surface area contributed by atoms with E-state index in [0.29, 0.717) is 23.1 Å². The molecule has 1 N–H and O–H groups in total. The van der Waals surface area contributed by atoms with Gasteiger partial charge in [0.05, 0.1) is 20.3 Å². The lowest BCUT2D eigenvalue weighted by atomic mass is 10.1. The predicted molar refractivity (Wildman–Crippen MR) is 83.9 cm³/mol. The van der Waals surface area contributed by atoms with Crippen LogP contribution in [0.15, 0.2) is 28.8 Å². The fourth-order valence-electron chi connectivity index (χ4n) is 2.48. The van der Waals surface area contributed by atoms with Gasteiger partial charge in [-0.25, -0.2) is 0 Å². The van der Waals surface area contributed by atoms with Gasteiger partial charge in [-0.15, -0.1) is 0 Å². The Kier molecular flexibility index (Phi) is 4.23. The van der Waals surface area contributed by atoms with Gasteiger partial charge in [-0.3, -0.25) is 4.79 Å². The first-order valence-corrected chi connectivity index (χ1v) is 7.61. The van der Waals surface area contributed by atoms with E-state index in [4.69, 9.17) is 14.0 Å². The second-order valence-corrected chi connectivity index (χ2v) is 5.69. The van der Waals surface area contributed by atoms with Crippen LogP contribution in [0, 0.1) is 0 Å². The van der Waals surface area contributed by atoms with Crippen molar-refractivity contribution in [3.8, 4) is 11.5 Å². The molecular formula is C17H20N2O4. The Morgan fingerprint density at radius 2 is 2.09 bits per heavy atom. The van der Waals surface area contributed by atoms with Crippen LogP contribution >= 0.6 is 0 Å². The number of hydrogen-bond acceptors (Lipinski definition) is 5. The van der Waals surface area contributed by atoms with Crippen molar-refractivity contribution < 1.29 is 18.8 Å². The van der Waals surface area contributed by atoms with Gasteiger partial charge in [0, 0.05) is 23.6 Å². The molecule has 0 radical (unpaired) electrons. The van der Waals surface area contributed by atoms with E-state index in [1.54, 1.807) is 26.4 Å². The quantitative estimate of drug-likeness (QED) is 0.886. The average Bonchev–Trinajstić information content (AvgIpc) is 3.30. The Balaban J connectivity index is 1.72. The lowest BCUT2D eigenvalue weighted by Crippen LogP contribution is -2.27. The summed E-state index contributed by atoms with van der Waals surface area (Å²) in [4.78, 5) is 12.3. The topological polar surface area (TPSA) is 73.6 Å². The maximum Gasteiger partial charge on any atom is 0.273 e. The zero-order valence-electron chi connectivity index (χ0n) is 13.5. The maximum atomic E-state index is 12.3. The van der Waals surface area contributed by atoms with Crippen LogP contribution in [-0.2, 0) is 0 Å². The van der Waals surface area contributed by atoms with Crippen molar-refractivity contribution in [2.75, 3.05) is 14.2 Å². The molecule has 1 aromatic heterocycles. The van der Waals surface area contributed by atoms with Gasteiger partial charge in [0.25, 0.3) is 5.91 Å². The molecule has 1 fully saturated rings. The molecule has 1 heterocycles. The zero-order valence-corrected chi connectivity index (χ0v) is 13.5. The van der Waals surface area contributed by atoms with Crippen molar-refractivity contribution in [3.05, 3.63) is 41.3 Å². The summed E-state index contributed by atoms with van der Waals surface area (Å²) < 4.78 is 15.8. The number of nitrogens with one attached hydrogen (secondary N) is 1. The molecule has 1 amide bonds. The normalized spacial score (nSPS) is 15.1. The highest BCUT2D eigenvalue weighted by Gasteiger charge is 2.29. The second kappa shape index (κ2) is 6.32. The summed E-state index contributed by atoms with van der Waals surface area (Å²) in [5.41, 5.74) is 1.18. The summed E-state index contributed by atoms with van der Waals surface area (Å²) in [7, 11) is 3.19. The van der Waals surface area contributed by atoms with E-state index in [-0.39, 0.29) is 11.9 Å². The minimum absolute atomic E-state index is 0.232. The number of carbonyl (C=O) groups is 1. The summed E-state index contributed by atoms with van der Waals surface area (Å²) in [6, 6.07) is 7.00. The monoisotopic (exact) mass is 316 g/mol. The van der Waals surface area contributed by atoms with Gasteiger partial charge in [0.2, 0.25) is 0 Å². The molecule has 1 saturated carbocycles. The number of aromatic nitrogens is 1. The highest BCUT2D eigenvalue weighted by molar-refractivity contribution is 5.92. The molecular weight excluding hydrogens is 296 g/mol. The third-order valence-corrected chi connectivity index (χ3v) is 4.00. The predicted octanol–water partition coefficient (Wildman–Crippen LogP) is 3.06. The van der Waals surface area contributed by atoms with Crippen molar-refractivity contribution in [1.29, 1.82) is 0 Å². The molecule has 0 saturated heterocycles. The van der Waals surface area contributed by atoms with Gasteiger partial charge in [0.1, 0.15) is 17.3 Å². The number of hydrogen-bond donors (Lipinski definition) is 1. The molecule has 122 valence electrons. The van der Waals surface area contributed by atoms with Crippen molar-refractivity contribution >= 4 is 5.91 Å². The van der Waals surface area contributed by atoms with Gasteiger partial charge >= 0.3 is 0 Å². The van der Waals surface area contributed by atoms with E-state index < -0.39 is 0 Å². The third kappa shape index (κ3) is 3.31. The van der Waals surface area contributed by atoms with Crippen LogP contribution in [0.3, 0.4) is 0 Å². The highest BCUT2D eigenvalue weighted by Crippen LogP contribution is 2.40. The van der Waals surface area contributed by atoms with E-state index in [0.717, 1.165) is 24.2 Å². The summed E-state index contributed by atoms with van der Waals surface area (Å²) in [5.74, 6) is 2.34. The Morgan fingerprint density at radius 3 is 2.74 bits per heavy atom. The number of rotatable bonds is 6. The minimum atomic E-state index is -0.258. The van der Waals surface area contributed by atoms with Crippen molar-refractivity contribution in [2.45, 2.75) is 31.7 Å². The van der Waals surface area contributed by atoms with Crippen molar-refractivity contribution in [2.24, 2.45) is 0 Å². The lowest BCUT2D eigenvalue weighted by Gasteiger charge is -2.17. The standard InChI is InChI=1S/C17H20N2O4/c1-10(13-7-6-12(21-2)8-16(13)22-3)18-17(20)14-9-15(23-19-14)11-4-5-11/h6-11H,4-5H2,1-3H3,(H,18,20)/t10-/m1/s1. The van der Waals surface area contributed by atoms with E-state index in [9.17, 15) is 4.79 Å². The summed E-state index contributed by atoms with van der Waals surface area (Å²) in [5, 5.41) is 6.77. The van der Waals surface area contributed by atoms with Gasteiger partial charge < -0.3 is 19.3 Å². The molecule has 0 spiro atoms. The first-order valence-electron chi connectivity index (χ1n) is 7.61. The number of methoxy groups -OCH3 is 2. The number of benzene rings is 1. The van der Waals surface area contributed by atoms with Crippen LogP contribution < -0.4 is 14.8 Å². The van der Waals surface area contributed by atoms with E-state index >= 15 is 0 Å². The highest BCUT2D eigenvalue weighted by atomic mass is 16.5. The molecule has 1 aliphatic carbocycles. The van der Waals surface area contributed by atoms with Gasteiger partial charge in [-0.2, -0.15) is 0 Å². The Hall–Kier alpha value is -2.50. The lowest BCUT2D eigenvalue weighted by molar-refractivity contribution is 0.0930. The molecule has 2 aromatic rings. The van der Waals surface area contributed by atoms with E-state index in [2.05, 4.69) is 10.5 Å². The molecule has 23 heavy (non-hydrogen) atoms. The molecule has 0 unspecified atom stereocenters. The van der Waals surface area contributed by atoms with Crippen LogP contribution in [0.2, 0.25) is 0 Å². The van der Waals surface area contributed by atoms with Crippen molar-refractivity contribution in [1.82, 2.24) is 10.5 Å². The fourth-order valence-corrected chi connectivity index (χ4v) is 2.48. The molecule has 6 heteroatoms. The zero-order chi connectivity index (χ0) is 16.4. The van der Waals surface area contributed by atoms with E-state index in [1.807, 2.05) is 19.1 Å². The SMILES string of the molecule is COc1ccc([C@@H](C)NC(=O)c2cc(C3CC3)on2)c(OC)c1. The second-order valence-electron chi connectivity index (χ2n) is 5.69. The number of carbonyl (C=O) groups excluding carboxylic acids is 1. The molecule has 0 aliphatic heterocycles. The summed E-state index contributed by atoms with van der Waals surface area (Å²) in [6.07, 6.45) is 2.21. The van der Waals surface area contributed by atoms with Gasteiger partial charge in [-0.1, -0.05) is 5.16 Å². The van der Waals surface area contributed by atoms with E-state index in [1.165, 1.54) is 0 Å². The smallest absolute Gasteiger partial charge is 0.273 e. The fraction of sp³-hybridized carbons (Fsp3) is 0.412. The summed E-state index contributed by atoms with van der Waals surface area (Å²) in [6.45, 7) is 1.89. The van der Waals surface area contributed by atoms with Crippen LogP contribution in [0.25, 0.3) is 0 Å². The van der Waals surface area contributed by atoms with Gasteiger partial charge in [0.15, 0.2) is 5.69 Å². The molecule has 1 atom stereocenters. The molecule has 1 aliphatic rings. The van der Waals surface area contributed by atoms with Crippen molar-refractivity contribution in [3.63, 3.8) is 0 Å². The maximum absolute atomic E-state index is 12.3. The first-order chi connectivity index (χ1) is 11.1. The number of amides is 1. The van der Waals surface area contributed by atoms with Crippen LogP contribution in [0.1, 0.15) is 53.5 Å². The third-order valence-electron chi connectivity index (χ3n) is 4.00. The number of nitrogens with zero attached hydrogens (tertiary/aromatic N) is 1. The van der Waals surface area contributed by atoms with Gasteiger partial charge in [-0.05, 0) is 31.9 Å². The van der Waals surface area contributed by atoms with Crippen LogP contribution in [0.4, 0.5) is 0 Å². The first kappa shape index (κ1) is 15.4. The molecule has 3 rings (SSSR count). The molecule has 6 nitrogen and oxygen atoms in total. The Morgan fingerprint density at radius 1 is 1.30 bits per heavy atom. The van der Waals surface area contributed by atoms with Crippen LogP contribution in [0.5, 0.6) is 11.5 Å². The largest absolute Gasteiger partial charge is 0.497 e. The number of ether oxygens (including phenoxy) is 2. The summed E-state index contributed by atoms with van der Waals surface area (Å²) >= 11 is 0. The Labute approximate surface area is 134 Å². The van der Waals surface area contributed by atoms with Crippen LogP contribution in [-0.4, -0.2) is 25.3 Å². The molecule has 0 bridgehead atoms. The average molecular weight is 316 g/mol. The Bertz CT molecular complexity index is 706.